The van der Waals surface area contributed by atoms with Gasteiger partial charge in [-0.1, -0.05) is 19.1 Å². The molecule has 192 valence electrons. The van der Waals surface area contributed by atoms with Gasteiger partial charge in [-0.15, -0.1) is 16.4 Å². The zero-order chi connectivity index (χ0) is 25.9. The number of carboxylic acid groups (broad SMARTS) is 1. The number of anilines is 2. The number of aromatic nitrogens is 2. The number of carbonyl (C=O) groups is 3. The molecule has 2 heterocycles. The Kier molecular flexibility index (Phi) is 7.32. The van der Waals surface area contributed by atoms with E-state index in [-0.39, 0.29) is 28.3 Å². The zero-order valence-corrected chi connectivity index (χ0v) is 21.5. The van der Waals surface area contributed by atoms with E-state index in [0.29, 0.717) is 29.8 Å². The third kappa shape index (κ3) is 5.88. The standard InChI is InChI=1S/C28H30N4O4S/c1-17-4-8-20(9-5-17)27(34)32(16-18-6-7-18)23-15-24(37-25(23)28(35)36)19-10-12-21(13-11-19)30-26(33)22-3-2-14-29-31-22/h2-3,10-15,17-18,20H,4-9,16H2,1H3,(H,30,33)(H,35,36). The summed E-state index contributed by atoms with van der Waals surface area (Å²) < 4.78 is 0. The molecule has 0 saturated heterocycles. The highest BCUT2D eigenvalue weighted by atomic mass is 32.1. The van der Waals surface area contributed by atoms with Crippen LogP contribution in [0.15, 0.2) is 48.7 Å². The second-order valence-electron chi connectivity index (χ2n) is 10.1. The number of nitrogens with one attached hydrogen (secondary N) is 1. The Labute approximate surface area is 219 Å². The fourth-order valence-electron chi connectivity index (χ4n) is 4.81. The second-order valence-corrected chi connectivity index (χ2v) is 11.2. The van der Waals surface area contributed by atoms with Gasteiger partial charge in [-0.3, -0.25) is 9.59 Å². The van der Waals surface area contributed by atoms with Crippen molar-refractivity contribution < 1.29 is 19.5 Å². The van der Waals surface area contributed by atoms with Crippen molar-refractivity contribution in [2.24, 2.45) is 17.8 Å². The van der Waals surface area contributed by atoms with Crippen molar-refractivity contribution >= 4 is 40.5 Å². The smallest absolute Gasteiger partial charge is 0.348 e. The molecule has 2 N–H and O–H groups in total. The molecule has 3 aromatic rings. The summed E-state index contributed by atoms with van der Waals surface area (Å²) in [7, 11) is 0. The van der Waals surface area contributed by atoms with E-state index in [1.807, 2.05) is 18.2 Å². The van der Waals surface area contributed by atoms with E-state index < -0.39 is 5.97 Å². The largest absolute Gasteiger partial charge is 0.477 e. The van der Waals surface area contributed by atoms with Crippen molar-refractivity contribution in [3.05, 3.63) is 59.2 Å². The summed E-state index contributed by atoms with van der Waals surface area (Å²) in [6, 6.07) is 12.3. The van der Waals surface area contributed by atoms with Gasteiger partial charge in [-0.05, 0) is 86.3 Å². The van der Waals surface area contributed by atoms with Crippen LogP contribution in [-0.4, -0.2) is 39.6 Å². The van der Waals surface area contributed by atoms with Gasteiger partial charge in [0.05, 0.1) is 5.69 Å². The van der Waals surface area contributed by atoms with Gasteiger partial charge < -0.3 is 15.3 Å². The maximum Gasteiger partial charge on any atom is 0.348 e. The monoisotopic (exact) mass is 518 g/mol. The van der Waals surface area contributed by atoms with Crippen LogP contribution in [0.25, 0.3) is 10.4 Å². The minimum atomic E-state index is -1.02. The lowest BCUT2D eigenvalue weighted by Crippen LogP contribution is -2.39. The summed E-state index contributed by atoms with van der Waals surface area (Å²) in [6.07, 6.45) is 7.45. The van der Waals surface area contributed by atoms with Crippen LogP contribution >= 0.6 is 11.3 Å². The quantitative estimate of drug-likeness (QED) is 0.394. The summed E-state index contributed by atoms with van der Waals surface area (Å²) in [6.45, 7) is 2.80. The first-order chi connectivity index (χ1) is 17.9. The number of nitrogens with zero attached hydrogens (tertiary/aromatic N) is 3. The Morgan fingerprint density at radius 2 is 1.78 bits per heavy atom. The second kappa shape index (κ2) is 10.8. The lowest BCUT2D eigenvalue weighted by molar-refractivity contribution is -0.123. The van der Waals surface area contributed by atoms with Crippen molar-refractivity contribution in [1.82, 2.24) is 10.2 Å². The van der Waals surface area contributed by atoms with Crippen molar-refractivity contribution in [2.45, 2.75) is 45.4 Å². The van der Waals surface area contributed by atoms with Crippen molar-refractivity contribution in [1.29, 1.82) is 0 Å². The fraction of sp³-hybridized carbons (Fsp3) is 0.393. The third-order valence-electron chi connectivity index (χ3n) is 7.20. The van der Waals surface area contributed by atoms with E-state index in [1.165, 1.54) is 17.5 Å². The van der Waals surface area contributed by atoms with Crippen LogP contribution in [0.4, 0.5) is 11.4 Å². The Bertz CT molecular complexity index is 1280. The van der Waals surface area contributed by atoms with E-state index in [4.69, 9.17) is 0 Å². The summed E-state index contributed by atoms with van der Waals surface area (Å²) in [5, 5.41) is 20.3. The first-order valence-corrected chi connectivity index (χ1v) is 13.6. The van der Waals surface area contributed by atoms with Gasteiger partial charge in [-0.2, -0.15) is 5.10 Å². The maximum absolute atomic E-state index is 13.6. The Hall–Kier alpha value is -3.59. The van der Waals surface area contributed by atoms with Gasteiger partial charge >= 0.3 is 5.97 Å². The summed E-state index contributed by atoms with van der Waals surface area (Å²) in [4.78, 5) is 41.0. The lowest BCUT2D eigenvalue weighted by atomic mass is 9.82. The molecule has 1 aromatic carbocycles. The normalized spacial score (nSPS) is 19.3. The van der Waals surface area contributed by atoms with Gasteiger partial charge in [0, 0.05) is 29.2 Å². The molecule has 0 aliphatic heterocycles. The molecule has 2 fully saturated rings. The van der Waals surface area contributed by atoms with E-state index in [2.05, 4.69) is 22.4 Å². The highest BCUT2D eigenvalue weighted by Crippen LogP contribution is 2.41. The van der Waals surface area contributed by atoms with Crippen molar-refractivity contribution in [3.63, 3.8) is 0 Å². The minimum Gasteiger partial charge on any atom is -0.477 e. The Morgan fingerprint density at radius 3 is 2.41 bits per heavy atom. The van der Waals surface area contributed by atoms with Crippen molar-refractivity contribution in [3.8, 4) is 10.4 Å². The molecule has 2 amide bonds. The lowest BCUT2D eigenvalue weighted by Gasteiger charge is -2.31. The van der Waals surface area contributed by atoms with Gasteiger partial charge in [0.25, 0.3) is 5.91 Å². The summed E-state index contributed by atoms with van der Waals surface area (Å²) in [5.74, 6) is -0.293. The molecule has 2 saturated carbocycles. The molecule has 0 bridgehead atoms. The molecule has 2 aromatic heterocycles. The van der Waals surface area contributed by atoms with Crippen LogP contribution in [0.3, 0.4) is 0 Å². The average Bonchev–Trinajstić information content (AvgIpc) is 3.63. The summed E-state index contributed by atoms with van der Waals surface area (Å²) >= 11 is 1.18. The molecule has 8 nitrogen and oxygen atoms in total. The first-order valence-electron chi connectivity index (χ1n) is 12.8. The molecule has 9 heteroatoms. The van der Waals surface area contributed by atoms with Crippen LogP contribution in [0, 0.1) is 17.8 Å². The first kappa shape index (κ1) is 25.1. The maximum atomic E-state index is 13.6. The predicted molar refractivity (Wildman–Crippen MR) is 143 cm³/mol. The molecule has 0 spiro atoms. The molecular weight excluding hydrogens is 488 g/mol. The Balaban J connectivity index is 1.39. The molecular formula is C28H30N4O4S. The minimum absolute atomic E-state index is 0.0443. The number of carboxylic acids is 1. The van der Waals surface area contributed by atoms with E-state index in [1.54, 1.807) is 29.2 Å². The summed E-state index contributed by atoms with van der Waals surface area (Å²) in [5.41, 5.74) is 2.13. The number of thiophene rings is 1. The topological polar surface area (TPSA) is 112 Å². The Morgan fingerprint density at radius 1 is 1.05 bits per heavy atom. The number of hydrogen-bond acceptors (Lipinski definition) is 6. The van der Waals surface area contributed by atoms with Crippen LogP contribution in [-0.2, 0) is 4.79 Å². The van der Waals surface area contributed by atoms with Gasteiger partial charge in [0.15, 0.2) is 5.69 Å². The fourth-order valence-corrected chi connectivity index (χ4v) is 5.81. The number of carbonyl (C=O) groups excluding carboxylic acids is 2. The zero-order valence-electron chi connectivity index (χ0n) is 20.7. The molecule has 5 rings (SSSR count). The number of hydrogen-bond donors (Lipinski definition) is 2. The highest BCUT2D eigenvalue weighted by molar-refractivity contribution is 7.18. The van der Waals surface area contributed by atoms with Crippen LogP contribution < -0.4 is 10.2 Å². The molecule has 37 heavy (non-hydrogen) atoms. The van der Waals surface area contributed by atoms with Gasteiger partial charge in [0.2, 0.25) is 5.91 Å². The SMILES string of the molecule is CC1CCC(C(=O)N(CC2CC2)c2cc(-c3ccc(NC(=O)c4cccnn4)cc3)sc2C(=O)O)CC1. The third-order valence-corrected chi connectivity index (χ3v) is 8.36. The molecule has 0 unspecified atom stereocenters. The molecule has 2 aliphatic rings. The van der Waals surface area contributed by atoms with Gasteiger partial charge in [-0.25, -0.2) is 4.79 Å². The highest BCUT2D eigenvalue weighted by Gasteiger charge is 2.35. The number of rotatable bonds is 8. The van der Waals surface area contributed by atoms with Crippen LogP contribution in [0.5, 0.6) is 0 Å². The van der Waals surface area contributed by atoms with Crippen LogP contribution in [0.2, 0.25) is 0 Å². The average molecular weight is 519 g/mol. The molecule has 0 atom stereocenters. The van der Waals surface area contributed by atoms with E-state index >= 15 is 0 Å². The van der Waals surface area contributed by atoms with E-state index in [0.717, 1.165) is 49.0 Å². The molecule has 2 aliphatic carbocycles. The number of aromatic carboxylic acids is 1. The predicted octanol–water partition coefficient (Wildman–Crippen LogP) is 5.72. The number of benzene rings is 1. The van der Waals surface area contributed by atoms with Crippen LogP contribution in [0.1, 0.15) is 65.6 Å². The van der Waals surface area contributed by atoms with Gasteiger partial charge in [0.1, 0.15) is 4.88 Å². The van der Waals surface area contributed by atoms with Crippen molar-refractivity contribution in [2.75, 3.05) is 16.8 Å². The van der Waals surface area contributed by atoms with E-state index in [9.17, 15) is 19.5 Å². The number of amides is 2. The molecule has 0 radical (unpaired) electrons.